The van der Waals surface area contributed by atoms with Crippen LogP contribution in [0.15, 0.2) is 40.8 Å². The molecular formula is C18H24ClFN2O3. The summed E-state index contributed by atoms with van der Waals surface area (Å²) in [6.45, 7) is 2.68. The van der Waals surface area contributed by atoms with Gasteiger partial charge in [-0.05, 0) is 24.3 Å². The van der Waals surface area contributed by atoms with E-state index in [0.29, 0.717) is 49.6 Å². The van der Waals surface area contributed by atoms with Crippen LogP contribution in [0, 0.1) is 5.82 Å². The largest absolute Gasteiger partial charge is 0.461 e. The van der Waals surface area contributed by atoms with Gasteiger partial charge in [0.15, 0.2) is 0 Å². The van der Waals surface area contributed by atoms with E-state index in [2.05, 4.69) is 10.6 Å². The van der Waals surface area contributed by atoms with E-state index in [0.717, 1.165) is 6.54 Å². The summed E-state index contributed by atoms with van der Waals surface area (Å²) in [5.41, 5.74) is 0.426. The molecule has 2 N–H and O–H groups in total. The maximum absolute atomic E-state index is 13.7. The van der Waals surface area contributed by atoms with E-state index in [4.69, 9.17) is 9.15 Å². The van der Waals surface area contributed by atoms with Crippen molar-refractivity contribution in [3.63, 3.8) is 0 Å². The first-order chi connectivity index (χ1) is 11.7. The maximum Gasteiger partial charge on any atom is 0.220 e. The molecule has 7 heteroatoms. The minimum Gasteiger partial charge on any atom is -0.461 e. The zero-order chi connectivity index (χ0) is 17.2. The van der Waals surface area contributed by atoms with Crippen molar-refractivity contribution < 1.29 is 18.3 Å². The number of ether oxygens (including phenoxy) is 1. The Bertz CT molecular complexity index is 649. The van der Waals surface area contributed by atoms with Gasteiger partial charge in [-0.25, -0.2) is 4.39 Å². The quantitative estimate of drug-likeness (QED) is 0.631. The van der Waals surface area contributed by atoms with E-state index in [1.54, 1.807) is 37.4 Å². The summed E-state index contributed by atoms with van der Waals surface area (Å²) in [5.74, 6) is 0.789. The molecule has 0 aliphatic heterocycles. The third kappa shape index (κ3) is 7.25. The number of amides is 1. The number of furan rings is 1. The fourth-order valence-corrected chi connectivity index (χ4v) is 2.23. The van der Waals surface area contributed by atoms with Crippen LogP contribution in [0.5, 0.6) is 0 Å². The molecule has 0 bridgehead atoms. The van der Waals surface area contributed by atoms with E-state index < -0.39 is 0 Å². The zero-order valence-electron chi connectivity index (χ0n) is 14.2. The number of aryl methyl sites for hydroxylation is 1. The second-order valence-corrected chi connectivity index (χ2v) is 5.34. The number of benzene rings is 1. The number of hydrogen-bond donors (Lipinski definition) is 2. The summed E-state index contributed by atoms with van der Waals surface area (Å²) < 4.78 is 24.3. The van der Waals surface area contributed by atoms with Crippen LogP contribution < -0.4 is 10.6 Å². The Kier molecular flexibility index (Phi) is 9.84. The average Bonchev–Trinajstić information content (AvgIpc) is 3.05. The van der Waals surface area contributed by atoms with Crippen molar-refractivity contribution in [1.29, 1.82) is 0 Å². The first kappa shape index (κ1) is 21.2. The van der Waals surface area contributed by atoms with E-state index in [-0.39, 0.29) is 24.1 Å². The molecule has 0 atom stereocenters. The Balaban J connectivity index is 0.00000312. The number of nitrogens with one attached hydrogen (secondary N) is 2. The second-order valence-electron chi connectivity index (χ2n) is 5.34. The smallest absolute Gasteiger partial charge is 0.220 e. The minimum atomic E-state index is -0.322. The molecule has 0 aliphatic carbocycles. The van der Waals surface area contributed by atoms with Crippen LogP contribution in [0.2, 0.25) is 0 Å². The third-order valence-corrected chi connectivity index (χ3v) is 3.51. The van der Waals surface area contributed by atoms with Gasteiger partial charge in [0.25, 0.3) is 0 Å². The fraction of sp³-hybridized carbons (Fsp3) is 0.389. The summed E-state index contributed by atoms with van der Waals surface area (Å²) in [4.78, 5) is 11.8. The molecule has 5 nitrogen and oxygen atoms in total. The summed E-state index contributed by atoms with van der Waals surface area (Å²) in [6.07, 6.45) is 0.819. The molecule has 2 aromatic rings. The van der Waals surface area contributed by atoms with Gasteiger partial charge in [-0.3, -0.25) is 4.79 Å². The van der Waals surface area contributed by atoms with Crippen molar-refractivity contribution in [2.24, 2.45) is 0 Å². The SMILES string of the molecule is COCCNCCNC(=O)CCc1ccc(-c2ccccc2F)o1.Cl. The molecule has 0 saturated carbocycles. The molecule has 25 heavy (non-hydrogen) atoms. The molecule has 0 unspecified atom stereocenters. The number of halogens is 2. The van der Waals surface area contributed by atoms with Gasteiger partial charge in [-0.1, -0.05) is 12.1 Å². The number of methoxy groups -OCH3 is 1. The number of rotatable bonds is 10. The van der Waals surface area contributed by atoms with Crippen LogP contribution in [0.1, 0.15) is 12.2 Å². The lowest BCUT2D eigenvalue weighted by molar-refractivity contribution is -0.121. The Morgan fingerprint density at radius 1 is 1.16 bits per heavy atom. The van der Waals surface area contributed by atoms with Crippen molar-refractivity contribution in [2.75, 3.05) is 33.4 Å². The van der Waals surface area contributed by atoms with E-state index in [9.17, 15) is 9.18 Å². The lowest BCUT2D eigenvalue weighted by atomic mass is 10.1. The van der Waals surface area contributed by atoms with Gasteiger partial charge < -0.3 is 19.8 Å². The Hall–Kier alpha value is -1.89. The molecule has 0 saturated heterocycles. The van der Waals surface area contributed by atoms with Crippen LogP contribution in [0.4, 0.5) is 4.39 Å². The summed E-state index contributed by atoms with van der Waals surface area (Å²) in [6, 6.07) is 9.96. The van der Waals surface area contributed by atoms with Gasteiger partial charge in [-0.2, -0.15) is 0 Å². The summed E-state index contributed by atoms with van der Waals surface area (Å²) >= 11 is 0. The zero-order valence-corrected chi connectivity index (χ0v) is 15.0. The summed E-state index contributed by atoms with van der Waals surface area (Å²) in [7, 11) is 1.65. The van der Waals surface area contributed by atoms with Gasteiger partial charge in [0.05, 0.1) is 12.2 Å². The molecule has 0 spiro atoms. The lowest BCUT2D eigenvalue weighted by Crippen LogP contribution is -2.33. The third-order valence-electron chi connectivity index (χ3n) is 3.51. The molecule has 138 valence electrons. The van der Waals surface area contributed by atoms with Crippen molar-refractivity contribution in [3.05, 3.63) is 48.0 Å². The molecule has 1 heterocycles. The van der Waals surface area contributed by atoms with Crippen LogP contribution in [-0.2, 0) is 16.0 Å². The molecule has 2 rings (SSSR count). The minimum absolute atomic E-state index is 0. The summed E-state index contributed by atoms with van der Waals surface area (Å²) in [5, 5.41) is 5.98. The second kappa shape index (κ2) is 11.6. The van der Waals surface area contributed by atoms with Crippen molar-refractivity contribution in [3.8, 4) is 11.3 Å². The van der Waals surface area contributed by atoms with Gasteiger partial charge in [-0.15, -0.1) is 12.4 Å². The van der Waals surface area contributed by atoms with Crippen LogP contribution in [0.25, 0.3) is 11.3 Å². The molecular weight excluding hydrogens is 347 g/mol. The highest BCUT2D eigenvalue weighted by Gasteiger charge is 2.10. The van der Waals surface area contributed by atoms with Gasteiger partial charge in [0.1, 0.15) is 17.3 Å². The Morgan fingerprint density at radius 3 is 2.72 bits per heavy atom. The van der Waals surface area contributed by atoms with Crippen LogP contribution >= 0.6 is 12.4 Å². The normalized spacial score (nSPS) is 10.3. The van der Waals surface area contributed by atoms with E-state index in [1.807, 2.05) is 0 Å². The highest BCUT2D eigenvalue weighted by Crippen LogP contribution is 2.25. The van der Waals surface area contributed by atoms with E-state index in [1.165, 1.54) is 6.07 Å². The molecule has 1 amide bonds. The fourth-order valence-electron chi connectivity index (χ4n) is 2.23. The number of carbonyl (C=O) groups is 1. The van der Waals surface area contributed by atoms with Gasteiger partial charge in [0, 0.05) is 39.6 Å². The first-order valence-electron chi connectivity index (χ1n) is 8.00. The number of hydrogen-bond acceptors (Lipinski definition) is 4. The molecule has 1 aromatic carbocycles. The van der Waals surface area contributed by atoms with Gasteiger partial charge >= 0.3 is 0 Å². The van der Waals surface area contributed by atoms with Crippen LogP contribution in [-0.4, -0.2) is 39.3 Å². The molecule has 0 aliphatic rings. The standard InChI is InChI=1S/C18H23FN2O3.ClH/c1-23-13-12-20-10-11-21-18(22)9-7-14-6-8-17(24-14)15-4-2-3-5-16(15)19;/h2-6,8,20H,7,9-13H2,1H3,(H,21,22);1H. The maximum atomic E-state index is 13.7. The topological polar surface area (TPSA) is 63.5 Å². The van der Waals surface area contributed by atoms with Crippen molar-refractivity contribution in [1.82, 2.24) is 10.6 Å². The highest BCUT2D eigenvalue weighted by molar-refractivity contribution is 5.85. The predicted molar refractivity (Wildman–Crippen MR) is 97.4 cm³/mol. The van der Waals surface area contributed by atoms with Crippen LogP contribution in [0.3, 0.4) is 0 Å². The van der Waals surface area contributed by atoms with Gasteiger partial charge in [0.2, 0.25) is 5.91 Å². The Labute approximate surface area is 153 Å². The average molecular weight is 371 g/mol. The van der Waals surface area contributed by atoms with E-state index >= 15 is 0 Å². The van der Waals surface area contributed by atoms with Crippen molar-refractivity contribution in [2.45, 2.75) is 12.8 Å². The monoisotopic (exact) mass is 370 g/mol. The van der Waals surface area contributed by atoms with Crippen molar-refractivity contribution >= 4 is 18.3 Å². The molecule has 0 radical (unpaired) electrons. The first-order valence-corrected chi connectivity index (χ1v) is 8.00. The Morgan fingerprint density at radius 2 is 1.96 bits per heavy atom. The molecule has 1 aromatic heterocycles. The highest BCUT2D eigenvalue weighted by atomic mass is 35.5. The molecule has 0 fully saturated rings. The lowest BCUT2D eigenvalue weighted by Gasteiger charge is -2.06. The predicted octanol–water partition coefficient (Wildman–Crippen LogP) is 2.79. The number of carbonyl (C=O) groups excluding carboxylic acids is 1.